The second-order valence-corrected chi connectivity index (χ2v) is 15.7. The van der Waals surface area contributed by atoms with Gasteiger partial charge in [0.25, 0.3) is 0 Å². The third-order valence-electron chi connectivity index (χ3n) is 12.8. The van der Waals surface area contributed by atoms with Gasteiger partial charge in [-0.05, 0) is 120 Å². The van der Waals surface area contributed by atoms with Crippen molar-refractivity contribution in [1.82, 2.24) is 9.97 Å². The van der Waals surface area contributed by atoms with E-state index in [1.165, 1.54) is 95.4 Å². The lowest BCUT2D eigenvalue weighted by atomic mass is 9.82. The van der Waals surface area contributed by atoms with Crippen molar-refractivity contribution in [2.45, 2.75) is 139 Å². The van der Waals surface area contributed by atoms with Gasteiger partial charge in [-0.2, -0.15) is 0 Å². The summed E-state index contributed by atoms with van der Waals surface area (Å²) in [5.41, 5.74) is 24.9. The summed E-state index contributed by atoms with van der Waals surface area (Å²) in [5, 5.41) is 0. The molecule has 0 saturated heterocycles. The van der Waals surface area contributed by atoms with Crippen LogP contribution in [0.2, 0.25) is 0 Å². The van der Waals surface area contributed by atoms with E-state index in [0.717, 1.165) is 82.0 Å². The average molecular weight is 745 g/mol. The van der Waals surface area contributed by atoms with Crippen molar-refractivity contribution in [1.29, 1.82) is 0 Å². The second kappa shape index (κ2) is 17.2. The Morgan fingerprint density at radius 3 is 1.68 bits per heavy atom. The van der Waals surface area contributed by atoms with Crippen molar-refractivity contribution in [2.75, 3.05) is 0 Å². The number of aromatic amines is 2. The fourth-order valence-corrected chi connectivity index (χ4v) is 10.3. The summed E-state index contributed by atoms with van der Waals surface area (Å²) in [4.78, 5) is 20.1. The fourth-order valence-electron chi connectivity index (χ4n) is 10.3. The molecule has 4 aromatic rings. The van der Waals surface area contributed by atoms with Gasteiger partial charge in [0.05, 0.1) is 34.4 Å². The van der Waals surface area contributed by atoms with Gasteiger partial charge >= 0.3 is 0 Å². The Morgan fingerprint density at radius 2 is 1.09 bits per heavy atom. The number of fused-ring (bicyclic) bond motifs is 6. The van der Waals surface area contributed by atoms with Gasteiger partial charge in [0.1, 0.15) is 0 Å². The summed E-state index contributed by atoms with van der Waals surface area (Å²) >= 11 is 0. The molecule has 7 rings (SSSR count). The summed E-state index contributed by atoms with van der Waals surface area (Å²) in [6, 6.07) is 22.3. The van der Waals surface area contributed by atoms with Crippen LogP contribution in [0.15, 0.2) is 104 Å². The van der Waals surface area contributed by atoms with Gasteiger partial charge in [-0.25, -0.2) is 0 Å². The van der Waals surface area contributed by atoms with Crippen LogP contribution in [0.1, 0.15) is 169 Å². The number of H-pyrrole nitrogens is 2. The standard InChI is InChI=1S/C52H64N4/c1-10-19-30-42-47-36(13-4)34(11-2)43(53-47)31-44-35(12-3)37(14-5)49(54-44)45(32-26-22-20-23-27-32)51-40(17-8)41(18-9)52(56-51)46(33-28-24-21-25-29-33)50-39(16-7)38(15-6)48(42)55-50/h20-29,31,42,45,54,56H,10-19,30H2,1-9H3/t42-,45+/m1/s1. The van der Waals surface area contributed by atoms with Gasteiger partial charge < -0.3 is 9.97 Å². The van der Waals surface area contributed by atoms with Crippen LogP contribution in [-0.4, -0.2) is 21.4 Å². The number of benzene rings is 2. The number of allylic oxidation sites excluding steroid dienone is 4. The Morgan fingerprint density at radius 1 is 0.536 bits per heavy atom. The van der Waals surface area contributed by atoms with Crippen LogP contribution < -0.4 is 0 Å². The molecular weight excluding hydrogens is 681 g/mol. The number of aromatic nitrogens is 2. The van der Waals surface area contributed by atoms with Crippen molar-refractivity contribution < 1.29 is 0 Å². The Hall–Kier alpha value is -4.70. The molecule has 2 N–H and O–H groups in total. The molecule has 2 aromatic heterocycles. The largest absolute Gasteiger partial charge is 0.358 e. The van der Waals surface area contributed by atoms with Crippen molar-refractivity contribution >= 4 is 23.1 Å². The van der Waals surface area contributed by atoms with Crippen LogP contribution in [0.25, 0.3) is 11.6 Å². The Balaban J connectivity index is 1.70. The predicted molar refractivity (Wildman–Crippen MR) is 240 cm³/mol. The van der Waals surface area contributed by atoms with E-state index >= 15 is 0 Å². The lowest BCUT2D eigenvalue weighted by Gasteiger charge is -2.21. The molecule has 2 aromatic carbocycles. The number of hydrogen-bond donors (Lipinski definition) is 2. The Labute approximate surface area is 337 Å². The van der Waals surface area contributed by atoms with Crippen LogP contribution in [0.4, 0.5) is 0 Å². The van der Waals surface area contributed by atoms with Gasteiger partial charge in [-0.1, -0.05) is 136 Å². The molecule has 0 unspecified atom stereocenters. The molecule has 0 fully saturated rings. The predicted octanol–water partition coefficient (Wildman–Crippen LogP) is 13.8. The monoisotopic (exact) mass is 745 g/mol. The lowest BCUT2D eigenvalue weighted by molar-refractivity contribution is 0.683. The molecule has 8 bridgehead atoms. The number of hydrogen-bond acceptors (Lipinski definition) is 2. The normalized spacial score (nSPS) is 18.3. The second-order valence-electron chi connectivity index (χ2n) is 15.7. The quantitative estimate of drug-likeness (QED) is 0.137. The molecule has 0 aliphatic carbocycles. The van der Waals surface area contributed by atoms with Crippen LogP contribution in [0.5, 0.6) is 0 Å². The molecular formula is C52H64N4. The van der Waals surface area contributed by atoms with Crippen LogP contribution in [0.3, 0.4) is 0 Å². The zero-order chi connectivity index (χ0) is 39.5. The maximum absolute atomic E-state index is 5.93. The molecule has 2 atom stereocenters. The van der Waals surface area contributed by atoms with E-state index in [1.54, 1.807) is 0 Å². The smallest absolute Gasteiger partial charge is 0.0767 e. The van der Waals surface area contributed by atoms with E-state index in [2.05, 4.69) is 139 Å². The topological polar surface area (TPSA) is 56.3 Å². The minimum Gasteiger partial charge on any atom is -0.358 e. The van der Waals surface area contributed by atoms with Crippen molar-refractivity contribution in [3.05, 3.63) is 151 Å². The highest BCUT2D eigenvalue weighted by Crippen LogP contribution is 2.47. The summed E-state index contributed by atoms with van der Waals surface area (Å²) in [6.45, 7) is 21.0. The Kier molecular flexibility index (Phi) is 12.1. The first-order chi connectivity index (χ1) is 27.4. The van der Waals surface area contributed by atoms with E-state index in [4.69, 9.17) is 9.98 Å². The van der Waals surface area contributed by atoms with Crippen LogP contribution in [-0.2, 0) is 25.7 Å². The SMILES string of the molecule is CCCC[C@@H]1C2=NC(=Cc3[nH]c(c(CC)c3CC)[C@H](c3ccccc3)c3[nH]c(c(CC)c3CC)C(c3ccccc3)=C3N=C1C(CC)=C3CC)C(CC)=C2CC. The molecule has 3 aliphatic heterocycles. The molecule has 0 saturated carbocycles. The number of rotatable bonds is 13. The van der Waals surface area contributed by atoms with E-state index in [1.807, 2.05) is 0 Å². The van der Waals surface area contributed by atoms with Crippen molar-refractivity contribution in [2.24, 2.45) is 15.9 Å². The first kappa shape index (κ1) is 39.5. The van der Waals surface area contributed by atoms with Crippen LogP contribution in [0, 0.1) is 5.92 Å². The molecule has 0 radical (unpaired) electrons. The van der Waals surface area contributed by atoms with Gasteiger partial charge in [0.2, 0.25) is 0 Å². The fraction of sp³-hybridized carbons (Fsp3) is 0.423. The van der Waals surface area contributed by atoms with Gasteiger partial charge in [-0.3, -0.25) is 9.98 Å². The summed E-state index contributed by atoms with van der Waals surface area (Å²) in [6.07, 6.45) is 13.4. The third kappa shape index (κ3) is 6.67. The van der Waals surface area contributed by atoms with Crippen molar-refractivity contribution in [3.63, 3.8) is 0 Å². The highest BCUT2D eigenvalue weighted by atomic mass is 14.9. The average Bonchev–Trinajstić information content (AvgIpc) is 3.98. The molecule has 0 spiro atoms. The van der Waals surface area contributed by atoms with Crippen LogP contribution >= 0.6 is 0 Å². The lowest BCUT2D eigenvalue weighted by Crippen LogP contribution is -2.25. The first-order valence-corrected chi connectivity index (χ1v) is 22.1. The number of nitrogens with zero attached hydrogens (tertiary/aromatic N) is 2. The van der Waals surface area contributed by atoms with Gasteiger partial charge in [0, 0.05) is 28.6 Å². The summed E-state index contributed by atoms with van der Waals surface area (Å²) in [7, 11) is 0. The molecule has 4 nitrogen and oxygen atoms in total. The highest BCUT2D eigenvalue weighted by molar-refractivity contribution is 6.23. The highest BCUT2D eigenvalue weighted by Gasteiger charge is 2.38. The summed E-state index contributed by atoms with van der Waals surface area (Å²) in [5.74, 6) is 0.154. The van der Waals surface area contributed by atoms with Gasteiger partial charge in [-0.15, -0.1) is 0 Å². The van der Waals surface area contributed by atoms with E-state index < -0.39 is 0 Å². The third-order valence-corrected chi connectivity index (χ3v) is 12.8. The molecule has 5 heterocycles. The maximum atomic E-state index is 5.93. The number of unbranched alkanes of at least 4 members (excludes halogenated alkanes) is 1. The number of nitrogens with one attached hydrogen (secondary N) is 2. The molecule has 3 aliphatic rings. The molecule has 0 amide bonds. The minimum absolute atomic E-state index is 0.0102. The zero-order valence-corrected chi connectivity index (χ0v) is 35.7. The van der Waals surface area contributed by atoms with E-state index in [-0.39, 0.29) is 11.8 Å². The zero-order valence-electron chi connectivity index (χ0n) is 35.7. The van der Waals surface area contributed by atoms with Crippen molar-refractivity contribution in [3.8, 4) is 0 Å². The molecule has 4 heteroatoms. The van der Waals surface area contributed by atoms with E-state index in [0.29, 0.717) is 0 Å². The molecule has 56 heavy (non-hydrogen) atoms. The van der Waals surface area contributed by atoms with E-state index in [9.17, 15) is 0 Å². The first-order valence-electron chi connectivity index (χ1n) is 22.1. The maximum Gasteiger partial charge on any atom is 0.0767 e. The minimum atomic E-state index is 0.0102. The Bertz CT molecular complexity index is 2260. The number of aliphatic imine (C=N–C) groups is 2. The van der Waals surface area contributed by atoms with Gasteiger partial charge in [0.15, 0.2) is 0 Å². The molecule has 292 valence electrons. The summed E-state index contributed by atoms with van der Waals surface area (Å²) < 4.78 is 0.